The summed E-state index contributed by atoms with van der Waals surface area (Å²) in [4.78, 5) is 21.7. The predicted molar refractivity (Wildman–Crippen MR) is 157 cm³/mol. The maximum absolute atomic E-state index is 14.2. The smallest absolute Gasteiger partial charge is 0.488 e. The summed E-state index contributed by atoms with van der Waals surface area (Å²) in [5.41, 5.74) is 3.85. The molecule has 0 spiro atoms. The lowest BCUT2D eigenvalue weighted by molar-refractivity contribution is 0.311. The van der Waals surface area contributed by atoms with Gasteiger partial charge in [0, 0.05) is 39.8 Å². The third-order valence-corrected chi connectivity index (χ3v) is 8.07. The van der Waals surface area contributed by atoms with Crippen molar-refractivity contribution in [2.75, 3.05) is 6.61 Å². The fourth-order valence-electron chi connectivity index (χ4n) is 5.83. The molecule has 1 aliphatic carbocycles. The third kappa shape index (κ3) is 5.02. The maximum atomic E-state index is 14.2. The lowest BCUT2D eigenvalue weighted by atomic mass is 10.0. The molecular weight excluding hydrogens is 545 g/mol. The first-order valence-electron chi connectivity index (χ1n) is 13.6. The molecule has 1 saturated carbocycles. The van der Waals surface area contributed by atoms with Crippen LogP contribution in [0.2, 0.25) is 0 Å². The molecule has 2 aromatic carbocycles. The Labute approximate surface area is 236 Å². The molecule has 1 N–H and O–H groups in total. The van der Waals surface area contributed by atoms with Crippen molar-refractivity contribution < 1.29 is 21.2 Å². The van der Waals surface area contributed by atoms with Crippen LogP contribution in [-0.4, -0.2) is 29.6 Å². The lowest BCUT2D eigenvalue weighted by Crippen LogP contribution is -2.15. The monoisotopic (exact) mass is 573 g/mol. The Morgan fingerprint density at radius 3 is 2.68 bits per heavy atom. The van der Waals surface area contributed by atoms with E-state index in [-0.39, 0.29) is 17.2 Å². The Bertz CT molecular complexity index is 2020. The number of hydrogen-bond acceptors (Lipinski definition) is 6. The quantitative estimate of drug-likeness (QED) is 0.128. The Balaban J connectivity index is 1.67. The number of pyridine rings is 2. The van der Waals surface area contributed by atoms with Crippen molar-refractivity contribution in [1.82, 2.24) is 14.5 Å². The Morgan fingerprint density at radius 2 is 1.95 bits per heavy atom. The molecule has 1 fully saturated rings. The second-order valence-corrected chi connectivity index (χ2v) is 11.3. The van der Waals surface area contributed by atoms with Crippen molar-refractivity contribution in [3.05, 3.63) is 64.6 Å². The van der Waals surface area contributed by atoms with Gasteiger partial charge in [0.2, 0.25) is 0 Å². The Hall–Kier alpha value is -4.36. The van der Waals surface area contributed by atoms with Gasteiger partial charge in [-0.15, -0.1) is 6.42 Å². The molecule has 0 unspecified atom stereocenters. The largest absolute Gasteiger partial charge is 0.493 e. The molecule has 10 heteroatoms. The number of ether oxygens (including phenoxy) is 1. The van der Waals surface area contributed by atoms with E-state index in [9.17, 15) is 17.1 Å². The van der Waals surface area contributed by atoms with Crippen LogP contribution in [0.1, 0.15) is 57.1 Å². The van der Waals surface area contributed by atoms with Crippen LogP contribution < -0.4 is 14.3 Å². The summed E-state index contributed by atoms with van der Waals surface area (Å²) >= 11 is 0. The average molecular weight is 574 g/mol. The van der Waals surface area contributed by atoms with Gasteiger partial charge in [-0.3, -0.25) is 9.78 Å². The van der Waals surface area contributed by atoms with E-state index in [4.69, 9.17) is 11.2 Å². The van der Waals surface area contributed by atoms with E-state index < -0.39 is 10.5 Å². The van der Waals surface area contributed by atoms with Gasteiger partial charge in [0.25, 0.3) is 0 Å². The minimum absolute atomic E-state index is 0.130. The van der Waals surface area contributed by atoms with Crippen molar-refractivity contribution >= 4 is 43.3 Å². The molecule has 3 heterocycles. The fraction of sp³-hybridized carbons (Fsp3) is 0.290. The molecule has 3 aromatic heterocycles. The van der Waals surface area contributed by atoms with E-state index in [1.54, 1.807) is 6.07 Å². The number of unbranched alkanes of at least 4 members (excludes halogenated alkanes) is 1. The van der Waals surface area contributed by atoms with Crippen LogP contribution in [-0.2, 0) is 10.5 Å². The first-order chi connectivity index (χ1) is 19.8. The number of fused-ring (bicyclic) bond motifs is 4. The molecule has 0 atom stereocenters. The minimum atomic E-state index is -5.24. The Kier molecular flexibility index (Phi) is 6.91. The molecule has 0 bridgehead atoms. The number of aromatic nitrogens is 3. The van der Waals surface area contributed by atoms with E-state index in [2.05, 4.69) is 24.6 Å². The average Bonchev–Trinajstić information content (AvgIpc) is 3.60. The highest BCUT2D eigenvalue weighted by Gasteiger charge is 2.25. The van der Waals surface area contributed by atoms with E-state index in [1.807, 2.05) is 31.2 Å². The predicted octanol–water partition coefficient (Wildman–Crippen LogP) is 6.57. The number of benzene rings is 2. The van der Waals surface area contributed by atoms with E-state index >= 15 is 0 Å². The molecular formula is C31H28FN3O5S. The van der Waals surface area contributed by atoms with Gasteiger partial charge >= 0.3 is 10.5 Å². The SMILES string of the molecule is C#Cc1ccc2c(c1)[nH]c1c2c(=O)c2cc(OCCCC)c(-c3cncc(OS(=O)(=O)F)c3)cc2n1C1CCCC1. The van der Waals surface area contributed by atoms with Gasteiger partial charge in [-0.05, 0) is 49.6 Å². The van der Waals surface area contributed by atoms with E-state index in [0.29, 0.717) is 45.3 Å². The van der Waals surface area contributed by atoms with Crippen molar-refractivity contribution in [1.29, 1.82) is 0 Å². The third-order valence-electron chi connectivity index (χ3n) is 7.68. The number of nitrogens with one attached hydrogen (secondary N) is 1. The molecule has 0 aliphatic heterocycles. The highest BCUT2D eigenvalue weighted by Crippen LogP contribution is 2.40. The lowest BCUT2D eigenvalue weighted by Gasteiger charge is -2.21. The van der Waals surface area contributed by atoms with Gasteiger partial charge in [-0.1, -0.05) is 42.1 Å². The van der Waals surface area contributed by atoms with Crippen LogP contribution in [0.25, 0.3) is 44.0 Å². The standard InChI is InChI=1S/C31H28FN3O5S/c1-3-5-12-39-28-16-25-27(15-24(28)20-14-22(18-33-17-20)40-41(32,37)38)35(21-8-6-7-9-21)31-29(30(25)36)23-11-10-19(4-2)13-26(23)34-31/h2,10-11,13-18,21,34H,3,5-9,12H2,1H3. The number of aromatic amines is 1. The van der Waals surface area contributed by atoms with Crippen molar-refractivity contribution in [3.63, 3.8) is 0 Å². The Morgan fingerprint density at radius 1 is 1.15 bits per heavy atom. The second-order valence-electron chi connectivity index (χ2n) is 10.3. The van der Waals surface area contributed by atoms with Crippen LogP contribution in [0.4, 0.5) is 3.89 Å². The topological polar surface area (TPSA) is 103 Å². The summed E-state index contributed by atoms with van der Waals surface area (Å²) in [5.74, 6) is 2.83. The van der Waals surface area contributed by atoms with Crippen LogP contribution in [0.15, 0.2) is 53.6 Å². The van der Waals surface area contributed by atoms with Crippen molar-refractivity contribution in [3.8, 4) is 35.0 Å². The van der Waals surface area contributed by atoms with Gasteiger partial charge < -0.3 is 18.5 Å². The van der Waals surface area contributed by atoms with Crippen LogP contribution in [0.5, 0.6) is 11.5 Å². The number of terminal acetylenes is 1. The number of halogens is 1. The van der Waals surface area contributed by atoms with Crippen LogP contribution in [0, 0.1) is 12.3 Å². The first-order valence-corrected chi connectivity index (χ1v) is 14.9. The summed E-state index contributed by atoms with van der Waals surface area (Å²) in [6.45, 7) is 2.46. The normalized spacial score (nSPS) is 14.2. The van der Waals surface area contributed by atoms with Gasteiger partial charge in [-0.2, -0.15) is 8.42 Å². The fourth-order valence-corrected chi connectivity index (χ4v) is 6.15. The highest BCUT2D eigenvalue weighted by atomic mass is 32.3. The first kappa shape index (κ1) is 26.8. The molecule has 0 radical (unpaired) electrons. The number of rotatable bonds is 8. The summed E-state index contributed by atoms with van der Waals surface area (Å²) < 4.78 is 48.4. The van der Waals surface area contributed by atoms with Gasteiger partial charge in [0.1, 0.15) is 11.4 Å². The van der Waals surface area contributed by atoms with E-state index in [1.165, 1.54) is 12.3 Å². The van der Waals surface area contributed by atoms with Crippen molar-refractivity contribution in [2.24, 2.45) is 0 Å². The van der Waals surface area contributed by atoms with Crippen molar-refractivity contribution in [2.45, 2.75) is 51.5 Å². The minimum Gasteiger partial charge on any atom is -0.493 e. The molecule has 5 aromatic rings. The summed E-state index contributed by atoms with van der Waals surface area (Å²) in [6.07, 6.45) is 14.1. The van der Waals surface area contributed by atoms with Gasteiger partial charge in [-0.25, -0.2) is 0 Å². The summed E-state index contributed by atoms with van der Waals surface area (Å²) in [5, 5.41) is 1.91. The molecule has 8 nitrogen and oxygen atoms in total. The maximum Gasteiger partial charge on any atom is 0.488 e. The molecule has 1 aliphatic rings. The number of nitrogens with zero attached hydrogens (tertiary/aromatic N) is 2. The number of H-pyrrole nitrogens is 1. The molecule has 210 valence electrons. The summed E-state index contributed by atoms with van der Waals surface area (Å²) in [7, 11) is -5.24. The second kappa shape index (κ2) is 10.6. The zero-order valence-electron chi connectivity index (χ0n) is 22.4. The number of hydrogen-bond donors (Lipinski definition) is 1. The van der Waals surface area contributed by atoms with Crippen LogP contribution in [0.3, 0.4) is 0 Å². The summed E-state index contributed by atoms with van der Waals surface area (Å²) in [6, 6.07) is 10.8. The van der Waals surface area contributed by atoms with Gasteiger partial charge in [0.15, 0.2) is 11.2 Å². The molecule has 41 heavy (non-hydrogen) atoms. The van der Waals surface area contributed by atoms with Gasteiger partial charge in [0.05, 0.1) is 29.1 Å². The highest BCUT2D eigenvalue weighted by molar-refractivity contribution is 7.81. The molecule has 0 saturated heterocycles. The van der Waals surface area contributed by atoms with E-state index in [0.717, 1.165) is 61.3 Å². The van der Waals surface area contributed by atoms with Crippen LogP contribution >= 0.6 is 0 Å². The zero-order chi connectivity index (χ0) is 28.7. The molecule has 0 amide bonds. The molecule has 6 rings (SSSR count). The zero-order valence-corrected chi connectivity index (χ0v) is 23.3.